The van der Waals surface area contributed by atoms with Crippen molar-refractivity contribution in [2.45, 2.75) is 50.4 Å². The van der Waals surface area contributed by atoms with Crippen LogP contribution >= 0.6 is 11.3 Å². The average molecular weight is 395 g/mol. The van der Waals surface area contributed by atoms with Crippen LogP contribution in [0.1, 0.15) is 50.8 Å². The molecule has 0 aliphatic heterocycles. The van der Waals surface area contributed by atoms with Crippen molar-refractivity contribution >= 4 is 32.4 Å². The Bertz CT molecular complexity index is 916. The minimum Gasteiger partial charge on any atom is -0.300 e. The van der Waals surface area contributed by atoms with Crippen LogP contribution in [-0.4, -0.2) is 24.5 Å². The molecule has 2 aromatic rings. The van der Waals surface area contributed by atoms with Crippen molar-refractivity contribution in [3.05, 3.63) is 35.4 Å². The van der Waals surface area contributed by atoms with Crippen LogP contribution < -0.4 is 10.0 Å². The number of carbonyl (C=O) groups excluding carboxylic acids is 1. The Morgan fingerprint density at radius 2 is 1.96 bits per heavy atom. The number of rotatable bonds is 4. The van der Waals surface area contributed by atoms with Gasteiger partial charge in [0.25, 0.3) is 10.0 Å². The molecule has 0 spiro atoms. The molecule has 26 heavy (non-hydrogen) atoms. The number of nitrogens with one attached hydrogen (secondary N) is 2. The lowest BCUT2D eigenvalue weighted by Gasteiger charge is -2.25. The molecular formula is C17H22N4O3S2. The van der Waals surface area contributed by atoms with Crippen molar-refractivity contribution < 1.29 is 13.2 Å². The first-order valence-electron chi connectivity index (χ1n) is 8.42. The highest BCUT2D eigenvalue weighted by Crippen LogP contribution is 2.31. The molecule has 0 saturated carbocycles. The fourth-order valence-electron chi connectivity index (χ4n) is 2.77. The van der Waals surface area contributed by atoms with Gasteiger partial charge < -0.3 is 5.32 Å². The van der Waals surface area contributed by atoms with E-state index in [1.165, 1.54) is 5.56 Å². The van der Waals surface area contributed by atoms with Gasteiger partial charge in [-0.25, -0.2) is 13.1 Å². The molecule has 1 heterocycles. The summed E-state index contributed by atoms with van der Waals surface area (Å²) < 4.78 is 28.0. The molecule has 0 fully saturated rings. The normalized spacial score (nSPS) is 17.6. The minimum absolute atomic E-state index is 0.148. The van der Waals surface area contributed by atoms with E-state index in [1.54, 1.807) is 20.8 Å². The fourth-order valence-corrected chi connectivity index (χ4v) is 4.93. The minimum atomic E-state index is -3.81. The average Bonchev–Trinajstić information content (AvgIpc) is 3.03. The second kappa shape index (κ2) is 7.05. The number of fused-ring (bicyclic) bond motifs is 1. The maximum Gasteiger partial charge on any atom is 0.270 e. The Kier molecular flexibility index (Phi) is 5.14. The van der Waals surface area contributed by atoms with Gasteiger partial charge in [-0.3, -0.25) is 4.79 Å². The second-order valence-corrected chi connectivity index (χ2v) is 10.2. The summed E-state index contributed by atoms with van der Waals surface area (Å²) in [5, 5.41) is 10.3. The molecule has 0 bridgehead atoms. The summed E-state index contributed by atoms with van der Waals surface area (Å²) in [7, 11) is -3.81. The Hall–Kier alpha value is -1.84. The third-order valence-electron chi connectivity index (χ3n) is 4.20. The molecule has 0 radical (unpaired) electrons. The zero-order valence-corrected chi connectivity index (χ0v) is 16.6. The van der Waals surface area contributed by atoms with Crippen LogP contribution in [0.3, 0.4) is 0 Å². The van der Waals surface area contributed by atoms with Crippen molar-refractivity contribution in [3.8, 4) is 0 Å². The summed E-state index contributed by atoms with van der Waals surface area (Å²) in [6.07, 6.45) is 2.62. The molecule has 9 heteroatoms. The highest BCUT2D eigenvalue weighted by Gasteiger charge is 2.29. The predicted molar refractivity (Wildman–Crippen MR) is 100 cm³/mol. The molecule has 1 atom stereocenters. The van der Waals surface area contributed by atoms with Gasteiger partial charge in [-0.1, -0.05) is 56.4 Å². The monoisotopic (exact) mass is 394 g/mol. The number of hydrogen-bond acceptors (Lipinski definition) is 6. The van der Waals surface area contributed by atoms with Crippen molar-refractivity contribution in [2.75, 3.05) is 5.32 Å². The molecular weight excluding hydrogens is 372 g/mol. The third kappa shape index (κ3) is 4.11. The Labute approximate surface area is 157 Å². The first kappa shape index (κ1) is 18.9. The molecule has 1 aliphatic carbocycles. The van der Waals surface area contributed by atoms with E-state index in [2.05, 4.69) is 20.2 Å². The molecule has 140 valence electrons. The number of nitrogens with zero attached hydrogens (tertiary/aromatic N) is 2. The molecule has 1 amide bonds. The van der Waals surface area contributed by atoms with Gasteiger partial charge in [0.2, 0.25) is 15.4 Å². The van der Waals surface area contributed by atoms with Gasteiger partial charge in [0, 0.05) is 11.5 Å². The lowest BCUT2D eigenvalue weighted by atomic mass is 9.88. The second-order valence-electron chi connectivity index (χ2n) is 7.34. The van der Waals surface area contributed by atoms with E-state index in [9.17, 15) is 13.2 Å². The van der Waals surface area contributed by atoms with Crippen LogP contribution in [0.5, 0.6) is 0 Å². The van der Waals surface area contributed by atoms with Crippen molar-refractivity contribution in [3.63, 3.8) is 0 Å². The molecule has 3 rings (SSSR count). The smallest absolute Gasteiger partial charge is 0.270 e. The number of carbonyl (C=O) groups is 1. The van der Waals surface area contributed by atoms with Gasteiger partial charge in [0.1, 0.15) is 0 Å². The molecule has 1 aromatic heterocycles. The van der Waals surface area contributed by atoms with Crippen LogP contribution in [0.25, 0.3) is 0 Å². The van der Waals surface area contributed by atoms with Crippen LogP contribution in [0.15, 0.2) is 28.6 Å². The largest absolute Gasteiger partial charge is 0.300 e. The van der Waals surface area contributed by atoms with Crippen LogP contribution in [0.4, 0.5) is 5.13 Å². The number of anilines is 1. The zero-order valence-electron chi connectivity index (χ0n) is 14.9. The first-order chi connectivity index (χ1) is 12.2. The van der Waals surface area contributed by atoms with Crippen LogP contribution in [0, 0.1) is 5.41 Å². The molecule has 1 unspecified atom stereocenters. The van der Waals surface area contributed by atoms with Gasteiger partial charge >= 0.3 is 0 Å². The highest BCUT2D eigenvalue weighted by molar-refractivity contribution is 7.91. The molecule has 1 aromatic carbocycles. The van der Waals surface area contributed by atoms with Gasteiger partial charge in [-0.2, -0.15) is 0 Å². The highest BCUT2D eigenvalue weighted by atomic mass is 32.2. The van der Waals surface area contributed by atoms with Crippen molar-refractivity contribution in [1.82, 2.24) is 14.9 Å². The zero-order chi connectivity index (χ0) is 18.9. The summed E-state index contributed by atoms with van der Waals surface area (Å²) in [4.78, 5) is 12.0. The fraction of sp³-hybridized carbons (Fsp3) is 0.471. The summed E-state index contributed by atoms with van der Waals surface area (Å²) >= 11 is 0.850. The van der Waals surface area contributed by atoms with E-state index in [0.29, 0.717) is 0 Å². The standard InChI is InChI=1S/C17H22N4O3S2/c1-17(2,3)14(22)18-15-19-20-16(25-15)26(23,24)21-13-10-6-8-11-7-4-5-9-12(11)13/h4-5,7,9,13,21H,6,8,10H2,1-3H3,(H,18,19,22). The van der Waals surface area contributed by atoms with Crippen molar-refractivity contribution in [2.24, 2.45) is 5.41 Å². The summed E-state index contributed by atoms with van der Waals surface area (Å²) in [6.45, 7) is 5.30. The number of benzene rings is 1. The quantitative estimate of drug-likeness (QED) is 0.777. The Morgan fingerprint density at radius 3 is 2.69 bits per heavy atom. The van der Waals surface area contributed by atoms with Gasteiger partial charge in [0.05, 0.1) is 0 Å². The predicted octanol–water partition coefficient (Wildman–Crippen LogP) is 2.88. The number of hydrogen-bond donors (Lipinski definition) is 2. The van der Waals surface area contributed by atoms with Gasteiger partial charge in [-0.05, 0) is 30.4 Å². The van der Waals surface area contributed by atoms with Gasteiger partial charge in [0.15, 0.2) is 0 Å². The number of aryl methyl sites for hydroxylation is 1. The van der Waals surface area contributed by atoms with E-state index < -0.39 is 15.4 Å². The summed E-state index contributed by atoms with van der Waals surface area (Å²) in [5.41, 5.74) is 1.57. The topological polar surface area (TPSA) is 101 Å². The van der Waals surface area contributed by atoms with E-state index in [-0.39, 0.29) is 21.4 Å². The van der Waals surface area contributed by atoms with E-state index in [4.69, 9.17) is 0 Å². The Balaban J connectivity index is 1.77. The number of amides is 1. The maximum absolute atomic E-state index is 12.7. The number of aromatic nitrogens is 2. The first-order valence-corrected chi connectivity index (χ1v) is 10.7. The van der Waals surface area contributed by atoms with E-state index >= 15 is 0 Å². The van der Waals surface area contributed by atoms with Crippen molar-refractivity contribution in [1.29, 1.82) is 0 Å². The lowest BCUT2D eigenvalue weighted by molar-refractivity contribution is -0.123. The van der Waals surface area contributed by atoms with Crippen LogP contribution in [0.2, 0.25) is 0 Å². The molecule has 0 saturated heterocycles. The molecule has 1 aliphatic rings. The number of sulfonamides is 1. The van der Waals surface area contributed by atoms with E-state index in [0.717, 1.165) is 36.2 Å². The molecule has 2 N–H and O–H groups in total. The third-order valence-corrected chi connectivity index (χ3v) is 6.88. The Morgan fingerprint density at radius 1 is 1.23 bits per heavy atom. The summed E-state index contributed by atoms with van der Waals surface area (Å²) in [6, 6.07) is 7.58. The summed E-state index contributed by atoms with van der Waals surface area (Å²) in [5.74, 6) is -0.244. The lowest BCUT2D eigenvalue weighted by Crippen LogP contribution is -2.31. The van der Waals surface area contributed by atoms with Gasteiger partial charge in [-0.15, -0.1) is 10.2 Å². The maximum atomic E-state index is 12.7. The van der Waals surface area contributed by atoms with E-state index in [1.807, 2.05) is 24.3 Å². The molecule has 7 nitrogen and oxygen atoms in total. The SMILES string of the molecule is CC(C)(C)C(=O)Nc1nnc(S(=O)(=O)NC2CCCc3ccccc32)s1. The van der Waals surface area contributed by atoms with Crippen LogP contribution in [-0.2, 0) is 21.2 Å².